The van der Waals surface area contributed by atoms with Crippen molar-refractivity contribution in [3.05, 3.63) is 0 Å². The molecule has 0 aliphatic carbocycles. The van der Waals surface area contributed by atoms with Crippen LogP contribution in [0.5, 0.6) is 0 Å². The fourth-order valence-corrected chi connectivity index (χ4v) is 6.82. The van der Waals surface area contributed by atoms with Crippen molar-refractivity contribution in [1.29, 1.82) is 0 Å². The van der Waals surface area contributed by atoms with Crippen LogP contribution in [0.4, 0.5) is 0 Å². The Labute approximate surface area is 171 Å². The van der Waals surface area contributed by atoms with Gasteiger partial charge >= 0.3 is 51.4 Å². The van der Waals surface area contributed by atoms with Crippen LogP contribution in [0.1, 0.15) is 29.1 Å². The van der Waals surface area contributed by atoms with E-state index in [9.17, 15) is 0 Å². The summed E-state index contributed by atoms with van der Waals surface area (Å²) in [4.78, 5) is 0. The summed E-state index contributed by atoms with van der Waals surface area (Å²) < 4.78 is 7.01. The average molecular weight is 402 g/mol. The molecule has 0 aromatic carbocycles. The van der Waals surface area contributed by atoms with E-state index in [1.165, 1.54) is 5.29 Å². The Bertz CT molecular complexity index is 204. The summed E-state index contributed by atoms with van der Waals surface area (Å²) in [6, 6.07) is 0. The molecule has 6 heteroatoms. The predicted octanol–water partition coefficient (Wildman–Crippen LogP) is -3.21. The van der Waals surface area contributed by atoms with E-state index in [4.69, 9.17) is 0 Å². The van der Waals surface area contributed by atoms with Crippen LogP contribution >= 0.6 is 7.34 Å². The van der Waals surface area contributed by atoms with Gasteiger partial charge in [0.2, 0.25) is 0 Å². The second kappa shape index (κ2) is 13.5. The first-order valence-corrected chi connectivity index (χ1v) is 7.15. The fourth-order valence-electron chi connectivity index (χ4n) is 2.27. The quantitative estimate of drug-likeness (QED) is 0.280. The topological polar surface area (TPSA) is 9.72 Å². The maximum atomic E-state index is 2.34. The van der Waals surface area contributed by atoms with Gasteiger partial charge in [-0.3, -0.25) is 14.0 Å². The molecule has 0 aromatic heterocycles. The van der Waals surface area contributed by atoms with Crippen LogP contribution in [0.25, 0.3) is 0 Å². The molecule has 0 heterocycles. The van der Waals surface area contributed by atoms with Crippen LogP contribution in [-0.4, -0.2) is 61.6 Å². The Morgan fingerprint density at radius 1 is 0.765 bits per heavy atom. The summed E-state index contributed by atoms with van der Waals surface area (Å²) in [7, 11) is 11.6. The van der Waals surface area contributed by atoms with E-state index < -0.39 is 7.34 Å². The first-order chi connectivity index (χ1) is 6.77. The Balaban J connectivity index is -0.000000107. The largest absolute Gasteiger partial charge is 1.00 e. The minimum absolute atomic E-state index is 0. The summed E-state index contributed by atoms with van der Waals surface area (Å²) in [6.07, 6.45) is 0. The van der Waals surface area contributed by atoms with Crippen molar-refractivity contribution < 1.29 is 76.8 Å². The molecular weight excluding hydrogens is 371 g/mol. The van der Waals surface area contributed by atoms with Gasteiger partial charge in [-0.05, 0) is 61.4 Å². The Kier molecular flexibility index (Phi) is 22.1. The minimum atomic E-state index is -1.37. The summed E-state index contributed by atoms with van der Waals surface area (Å²) in [6.45, 7) is 8.43. The Morgan fingerprint density at radius 2 is 0.941 bits per heavy atom. The molecule has 0 fully saturated rings. The molecule has 0 N–H and O–H groups in total. The van der Waals surface area contributed by atoms with Crippen molar-refractivity contribution in [2.75, 3.05) is 42.3 Å². The van der Waals surface area contributed by atoms with Crippen LogP contribution in [0.15, 0.2) is 0 Å². The third-order valence-corrected chi connectivity index (χ3v) is 6.82. The third kappa shape index (κ3) is 7.21. The zero-order chi connectivity index (χ0) is 12.8. The van der Waals surface area contributed by atoms with Crippen molar-refractivity contribution >= 4 is 12.6 Å². The zero-order valence-corrected chi connectivity index (χ0v) is 19.8. The molecule has 0 atom stereocenters. The number of halogens is 1. The van der Waals surface area contributed by atoms with E-state index in [1.807, 2.05) is 13.8 Å². The molecule has 0 unspecified atom stereocenters. The van der Waals surface area contributed by atoms with E-state index >= 15 is 0 Å². The molecule has 0 saturated carbocycles. The summed E-state index contributed by atoms with van der Waals surface area (Å²) in [5.41, 5.74) is 0. The zero-order valence-electron chi connectivity index (χ0n) is 14.7. The van der Waals surface area contributed by atoms with Gasteiger partial charge in [0, 0.05) is 0 Å². The van der Waals surface area contributed by atoms with Gasteiger partial charge in [-0.1, -0.05) is 13.8 Å². The second-order valence-electron chi connectivity index (χ2n) is 4.06. The molecule has 0 bridgehead atoms. The molecule has 0 spiro atoms. The van der Waals surface area contributed by atoms with Crippen LogP contribution in [0, 0.1) is 0 Å². The van der Waals surface area contributed by atoms with E-state index in [0.717, 1.165) is 0 Å². The molecule has 0 saturated heterocycles. The van der Waals surface area contributed by atoms with Crippen molar-refractivity contribution in [3.8, 4) is 0 Å². The van der Waals surface area contributed by atoms with Gasteiger partial charge in [0.05, 0.1) is 7.34 Å². The Hall–Kier alpha value is 2.55. The molecular formula is C11H31IKN3P-. The van der Waals surface area contributed by atoms with Crippen LogP contribution < -0.4 is 75.4 Å². The molecule has 17 heavy (non-hydrogen) atoms. The second-order valence-corrected chi connectivity index (χ2v) is 8.49. The van der Waals surface area contributed by atoms with E-state index in [-0.39, 0.29) is 76.8 Å². The van der Waals surface area contributed by atoms with Gasteiger partial charge in [-0.25, -0.2) is 0 Å². The minimum Gasteiger partial charge on any atom is -1.00 e. The van der Waals surface area contributed by atoms with Crippen molar-refractivity contribution in [1.82, 2.24) is 14.0 Å². The molecule has 0 radical (unpaired) electrons. The smallest absolute Gasteiger partial charge is 1.00 e. The third-order valence-electron chi connectivity index (χ3n) is 2.27. The molecule has 0 aliphatic heterocycles. The van der Waals surface area contributed by atoms with Crippen molar-refractivity contribution in [3.63, 3.8) is 0 Å². The van der Waals surface area contributed by atoms with Crippen LogP contribution in [-0.2, 0) is 0 Å². The molecule has 0 aromatic rings. The van der Waals surface area contributed by atoms with Crippen LogP contribution in [0.2, 0.25) is 0 Å². The summed E-state index contributed by atoms with van der Waals surface area (Å²) in [5.74, 6) is 0. The molecule has 0 amide bonds. The standard InChI is InChI=1S/C9H24N3P.C2H6.HI.K.H/c1-9(2)13(10(3)4,11(5)6)12(7)8;1-2;;;/h1-8H3;1-2H3;1H;;/q;;;+1;-1/p-1. The average Bonchev–Trinajstić information content (AvgIpc) is 2.05. The monoisotopic (exact) mass is 402 g/mol. The first-order valence-electron chi connectivity index (χ1n) is 5.51. The van der Waals surface area contributed by atoms with Crippen molar-refractivity contribution in [2.24, 2.45) is 0 Å². The Morgan fingerprint density at radius 3 is 0.941 bits per heavy atom. The van der Waals surface area contributed by atoms with Gasteiger partial charge < -0.3 is 25.4 Å². The van der Waals surface area contributed by atoms with Gasteiger partial charge in [0.15, 0.2) is 0 Å². The maximum absolute atomic E-state index is 2.34. The van der Waals surface area contributed by atoms with Gasteiger partial charge in [0.25, 0.3) is 0 Å². The van der Waals surface area contributed by atoms with E-state index in [2.05, 4.69) is 70.1 Å². The first kappa shape index (κ1) is 27.8. The number of hydrogen-bond donors (Lipinski definition) is 0. The van der Waals surface area contributed by atoms with Crippen LogP contribution in [0.3, 0.4) is 0 Å². The predicted molar refractivity (Wildman–Crippen MR) is 76.8 cm³/mol. The fraction of sp³-hybridized carbons (Fsp3) is 0.909. The normalized spacial score (nSPS) is 10.4. The van der Waals surface area contributed by atoms with Gasteiger partial charge in [-0.15, -0.1) is 0 Å². The van der Waals surface area contributed by atoms with Gasteiger partial charge in [0.1, 0.15) is 0 Å². The SMILES string of the molecule is CC.CC(C)=P(N(C)C)(N(C)C)N(C)C.[H-].[I-].[K+]. The molecule has 104 valence electrons. The molecule has 0 aliphatic rings. The summed E-state index contributed by atoms with van der Waals surface area (Å²) in [5, 5.41) is 1.48. The van der Waals surface area contributed by atoms with E-state index in [1.54, 1.807) is 0 Å². The number of hydrogen-bond acceptors (Lipinski definition) is 3. The number of nitrogens with zero attached hydrogens (tertiary/aromatic N) is 3. The maximum Gasteiger partial charge on any atom is 1.00 e. The molecule has 0 rings (SSSR count). The van der Waals surface area contributed by atoms with Crippen molar-refractivity contribution in [2.45, 2.75) is 27.7 Å². The van der Waals surface area contributed by atoms with Gasteiger partial charge in [-0.2, -0.15) is 0 Å². The summed E-state index contributed by atoms with van der Waals surface area (Å²) >= 11 is 0. The molecule has 3 nitrogen and oxygen atoms in total. The number of rotatable bonds is 3. The van der Waals surface area contributed by atoms with E-state index in [0.29, 0.717) is 0 Å².